The number of anilines is 1. The molecule has 2 amide bonds. The molecule has 7 rings (SSSR count). The van der Waals surface area contributed by atoms with E-state index in [9.17, 15) is 14.9 Å². The summed E-state index contributed by atoms with van der Waals surface area (Å²) in [7, 11) is 0. The Balaban J connectivity index is 1.18. The standard InChI is InChI=1S/C33H36ClN5O2S/c1-21-25(15-24(34)16-36-21)37-26(13-22-7-3-2-4-8-22)28-11-12-29(42-28)31(41)38-27(14-23-9-5-6-10-23)30(40)39-33-17-32(18-33,19-33)20-35/h2-4,7-8,11-12,15-16,23,26-27,37H,5-6,9-10,13-14,17-19H2,1H3,(H,38,41)(H,39,40)/t26-,27+,32?,33?/m1/s1. The van der Waals surface area contributed by atoms with Crippen LogP contribution in [0, 0.1) is 29.6 Å². The van der Waals surface area contributed by atoms with Gasteiger partial charge in [0.05, 0.1) is 38.8 Å². The van der Waals surface area contributed by atoms with Gasteiger partial charge >= 0.3 is 0 Å². The molecule has 3 aromatic rings. The van der Waals surface area contributed by atoms with Crippen molar-refractivity contribution in [1.82, 2.24) is 15.6 Å². The van der Waals surface area contributed by atoms with Crippen LogP contribution in [0.15, 0.2) is 54.7 Å². The van der Waals surface area contributed by atoms with Crippen molar-refractivity contribution in [3.05, 3.63) is 80.8 Å². The highest BCUT2D eigenvalue weighted by molar-refractivity contribution is 7.14. The van der Waals surface area contributed by atoms with Crippen LogP contribution in [-0.2, 0) is 11.2 Å². The fourth-order valence-electron chi connectivity index (χ4n) is 7.00. The van der Waals surface area contributed by atoms with Crippen molar-refractivity contribution >= 4 is 40.4 Å². The molecule has 7 nitrogen and oxygen atoms in total. The number of rotatable bonds is 11. The molecule has 9 heteroatoms. The third kappa shape index (κ3) is 6.04. The summed E-state index contributed by atoms with van der Waals surface area (Å²) in [6.45, 7) is 1.94. The molecule has 4 saturated carbocycles. The first-order valence-corrected chi connectivity index (χ1v) is 16.0. The molecule has 2 heterocycles. The minimum absolute atomic E-state index is 0.104. The van der Waals surface area contributed by atoms with E-state index < -0.39 is 6.04 Å². The van der Waals surface area contributed by atoms with Crippen LogP contribution in [0.2, 0.25) is 5.02 Å². The molecule has 2 aromatic heterocycles. The van der Waals surface area contributed by atoms with Crippen LogP contribution < -0.4 is 16.0 Å². The summed E-state index contributed by atoms with van der Waals surface area (Å²) in [6.07, 6.45) is 9.69. The van der Waals surface area contributed by atoms with E-state index in [2.05, 4.69) is 39.1 Å². The number of aryl methyl sites for hydroxylation is 1. The summed E-state index contributed by atoms with van der Waals surface area (Å²) < 4.78 is 0. The van der Waals surface area contributed by atoms with Crippen LogP contribution >= 0.6 is 22.9 Å². The zero-order chi connectivity index (χ0) is 29.3. The summed E-state index contributed by atoms with van der Waals surface area (Å²) >= 11 is 7.69. The van der Waals surface area contributed by atoms with Crippen molar-refractivity contribution in [1.29, 1.82) is 5.26 Å². The van der Waals surface area contributed by atoms with E-state index in [1.54, 1.807) is 6.20 Å². The molecule has 42 heavy (non-hydrogen) atoms. The van der Waals surface area contributed by atoms with E-state index in [-0.39, 0.29) is 28.8 Å². The van der Waals surface area contributed by atoms with Gasteiger partial charge < -0.3 is 16.0 Å². The van der Waals surface area contributed by atoms with Gasteiger partial charge in [0.1, 0.15) is 6.04 Å². The smallest absolute Gasteiger partial charge is 0.262 e. The average molecular weight is 602 g/mol. The van der Waals surface area contributed by atoms with E-state index in [0.717, 1.165) is 48.4 Å². The second-order valence-corrected chi connectivity index (χ2v) is 14.0. The maximum atomic E-state index is 13.6. The van der Waals surface area contributed by atoms with Gasteiger partial charge in [0, 0.05) is 16.6 Å². The molecule has 1 aromatic carbocycles. The lowest BCUT2D eigenvalue weighted by Crippen LogP contribution is -2.75. The van der Waals surface area contributed by atoms with Crippen molar-refractivity contribution in [2.45, 2.75) is 82.3 Å². The Labute approximate surface area is 256 Å². The summed E-state index contributed by atoms with van der Waals surface area (Å²) in [5.41, 5.74) is 2.36. The molecule has 4 aliphatic carbocycles. The molecular formula is C33H36ClN5O2S. The lowest BCUT2D eigenvalue weighted by Gasteiger charge is -2.67. The predicted octanol–water partition coefficient (Wildman–Crippen LogP) is 6.74. The summed E-state index contributed by atoms with van der Waals surface area (Å²) in [5.74, 6) is 0.0906. The largest absolute Gasteiger partial charge is 0.376 e. The third-order valence-corrected chi connectivity index (χ3v) is 10.6. The van der Waals surface area contributed by atoms with Gasteiger partial charge in [-0.05, 0) is 68.7 Å². The van der Waals surface area contributed by atoms with Crippen LogP contribution in [0.5, 0.6) is 0 Å². The highest BCUT2D eigenvalue weighted by atomic mass is 35.5. The molecule has 3 N–H and O–H groups in total. The van der Waals surface area contributed by atoms with E-state index in [4.69, 9.17) is 11.6 Å². The van der Waals surface area contributed by atoms with E-state index in [0.29, 0.717) is 28.7 Å². The molecule has 0 aliphatic heterocycles. The average Bonchev–Trinajstić information content (AvgIpc) is 3.64. The van der Waals surface area contributed by atoms with Crippen molar-refractivity contribution < 1.29 is 9.59 Å². The molecule has 4 fully saturated rings. The minimum atomic E-state index is -0.586. The number of carbonyl (C=O) groups is 2. The van der Waals surface area contributed by atoms with Crippen molar-refractivity contribution in [2.75, 3.05) is 5.32 Å². The Bertz CT molecular complexity index is 1490. The summed E-state index contributed by atoms with van der Waals surface area (Å²) in [5, 5.41) is 19.8. The van der Waals surface area contributed by atoms with Crippen LogP contribution in [0.4, 0.5) is 5.69 Å². The van der Waals surface area contributed by atoms with Crippen LogP contribution in [0.3, 0.4) is 0 Å². The van der Waals surface area contributed by atoms with Gasteiger partial charge in [-0.1, -0.05) is 67.6 Å². The topological polar surface area (TPSA) is 107 Å². The first kappa shape index (κ1) is 28.7. The maximum absolute atomic E-state index is 13.6. The van der Waals surface area contributed by atoms with Gasteiger partial charge in [-0.3, -0.25) is 14.6 Å². The number of carbonyl (C=O) groups excluding carboxylic acids is 2. The molecule has 0 spiro atoms. The number of hydrogen-bond acceptors (Lipinski definition) is 6. The zero-order valence-electron chi connectivity index (χ0n) is 23.8. The first-order valence-electron chi connectivity index (χ1n) is 14.8. The number of thiophene rings is 1. The monoisotopic (exact) mass is 601 g/mol. The molecule has 2 atom stereocenters. The van der Waals surface area contributed by atoms with Gasteiger partial charge in [-0.15, -0.1) is 11.3 Å². The lowest BCUT2D eigenvalue weighted by molar-refractivity contribution is -0.146. The number of nitriles is 1. The number of hydrogen-bond donors (Lipinski definition) is 3. The Morgan fingerprint density at radius 3 is 2.60 bits per heavy atom. The van der Waals surface area contributed by atoms with Gasteiger partial charge in [0.15, 0.2) is 0 Å². The summed E-state index contributed by atoms with van der Waals surface area (Å²) in [4.78, 5) is 33.0. The highest BCUT2D eigenvalue weighted by Gasteiger charge is 2.69. The van der Waals surface area contributed by atoms with Gasteiger partial charge in [-0.2, -0.15) is 5.26 Å². The Kier molecular flexibility index (Phi) is 7.99. The maximum Gasteiger partial charge on any atom is 0.262 e. The number of aromatic nitrogens is 1. The van der Waals surface area contributed by atoms with E-state index >= 15 is 0 Å². The fraction of sp³-hybridized carbons (Fsp3) is 0.455. The van der Waals surface area contributed by atoms with E-state index in [1.807, 2.05) is 43.3 Å². The zero-order valence-corrected chi connectivity index (χ0v) is 25.4. The summed E-state index contributed by atoms with van der Waals surface area (Å²) in [6, 6.07) is 17.6. The number of nitrogens with zero attached hydrogens (tertiary/aromatic N) is 2. The van der Waals surface area contributed by atoms with Gasteiger partial charge in [0.25, 0.3) is 5.91 Å². The SMILES string of the molecule is Cc1ncc(Cl)cc1N[C@H](Cc1ccccc1)c1ccc(C(=O)N[C@@H](CC2CCCC2)C(=O)NC23CC(C#N)(C2)C3)s1. The fourth-order valence-corrected chi connectivity index (χ4v) is 8.12. The van der Waals surface area contributed by atoms with Crippen molar-refractivity contribution in [3.8, 4) is 6.07 Å². The quantitative estimate of drug-likeness (QED) is 0.226. The van der Waals surface area contributed by atoms with Gasteiger partial charge in [-0.25, -0.2) is 0 Å². The molecule has 0 saturated heterocycles. The van der Waals surface area contributed by atoms with Crippen LogP contribution in [-0.4, -0.2) is 28.4 Å². The van der Waals surface area contributed by atoms with Crippen molar-refractivity contribution in [3.63, 3.8) is 0 Å². The third-order valence-electron chi connectivity index (χ3n) is 9.18. The number of nitrogens with one attached hydrogen (secondary N) is 3. The molecular weight excluding hydrogens is 566 g/mol. The Morgan fingerprint density at radius 2 is 1.88 bits per heavy atom. The molecule has 0 unspecified atom stereocenters. The number of amides is 2. The number of benzene rings is 1. The molecule has 218 valence electrons. The first-order chi connectivity index (χ1) is 20.3. The second-order valence-electron chi connectivity index (χ2n) is 12.5. The van der Waals surface area contributed by atoms with E-state index in [1.165, 1.54) is 29.7 Å². The molecule has 0 radical (unpaired) electrons. The number of pyridine rings is 1. The normalized spacial score (nSPS) is 24.0. The molecule has 4 aliphatic rings. The lowest BCUT2D eigenvalue weighted by atomic mass is 9.40. The second kappa shape index (κ2) is 11.7. The molecule has 2 bridgehead atoms. The predicted molar refractivity (Wildman–Crippen MR) is 165 cm³/mol. The van der Waals surface area contributed by atoms with Crippen LogP contribution in [0.25, 0.3) is 0 Å². The Morgan fingerprint density at radius 1 is 1.14 bits per heavy atom. The Hall–Kier alpha value is -3.41. The number of halogens is 1. The van der Waals surface area contributed by atoms with Gasteiger partial charge in [0.2, 0.25) is 5.91 Å². The minimum Gasteiger partial charge on any atom is -0.376 e. The van der Waals surface area contributed by atoms with Crippen LogP contribution in [0.1, 0.15) is 83.2 Å². The van der Waals surface area contributed by atoms with Crippen molar-refractivity contribution in [2.24, 2.45) is 11.3 Å². The highest BCUT2D eigenvalue weighted by Crippen LogP contribution is 2.66.